The first kappa shape index (κ1) is 18.3. The number of likely N-dealkylation sites (N-methyl/N-ethyl adjacent to an activating group) is 2. The van der Waals surface area contributed by atoms with E-state index in [4.69, 9.17) is 0 Å². The summed E-state index contributed by atoms with van der Waals surface area (Å²) >= 11 is 0. The maximum absolute atomic E-state index is 13.2. The Kier molecular flexibility index (Phi) is 6.22. The van der Waals surface area contributed by atoms with Gasteiger partial charge in [-0.2, -0.15) is 13.2 Å². The molecule has 0 aliphatic heterocycles. The molecule has 1 atom stereocenters. The predicted molar refractivity (Wildman–Crippen MR) is 79.7 cm³/mol. The summed E-state index contributed by atoms with van der Waals surface area (Å²) in [5.74, 6) is 0. The molecule has 22 heavy (non-hydrogen) atoms. The number of hydrogen-bond acceptors (Lipinski definition) is 2. The first-order valence-electron chi connectivity index (χ1n) is 6.91. The first-order chi connectivity index (χ1) is 10.1. The largest absolute Gasteiger partial charge is 0.412 e. The fraction of sp³-hybridized carbons (Fsp3) is 0.533. The molecule has 0 heterocycles. The molecule has 0 aliphatic carbocycles. The van der Waals surface area contributed by atoms with E-state index in [1.54, 1.807) is 19.1 Å². The van der Waals surface area contributed by atoms with Crippen LogP contribution in [0.3, 0.4) is 0 Å². The second-order valence-electron chi connectivity index (χ2n) is 5.56. The zero-order chi connectivity index (χ0) is 16.9. The number of amides is 2. The molecule has 1 rings (SSSR count). The SMILES string of the molecule is Cc1cccc([C@@H](NC(=O)N(C)CCN(C)C)C(F)(F)F)c1. The third-order valence-electron chi connectivity index (χ3n) is 3.20. The van der Waals surface area contributed by atoms with E-state index in [1.807, 2.05) is 19.0 Å². The molecule has 0 fully saturated rings. The van der Waals surface area contributed by atoms with Gasteiger partial charge in [-0.05, 0) is 26.6 Å². The predicted octanol–water partition coefficient (Wildman–Crippen LogP) is 2.80. The van der Waals surface area contributed by atoms with E-state index in [9.17, 15) is 18.0 Å². The molecule has 124 valence electrons. The van der Waals surface area contributed by atoms with Crippen LogP contribution >= 0.6 is 0 Å². The van der Waals surface area contributed by atoms with Crippen LogP contribution in [0, 0.1) is 6.92 Å². The summed E-state index contributed by atoms with van der Waals surface area (Å²) in [4.78, 5) is 15.1. The van der Waals surface area contributed by atoms with Crippen molar-refractivity contribution in [3.63, 3.8) is 0 Å². The van der Waals surface area contributed by atoms with Gasteiger partial charge in [-0.15, -0.1) is 0 Å². The number of hydrogen-bond donors (Lipinski definition) is 1. The van der Waals surface area contributed by atoms with Gasteiger partial charge in [-0.25, -0.2) is 4.79 Å². The third-order valence-corrected chi connectivity index (χ3v) is 3.20. The second-order valence-corrected chi connectivity index (χ2v) is 5.56. The molecule has 0 unspecified atom stereocenters. The number of halogens is 3. The Hall–Kier alpha value is -1.76. The number of carbonyl (C=O) groups is 1. The van der Waals surface area contributed by atoms with Crippen LogP contribution in [0.2, 0.25) is 0 Å². The van der Waals surface area contributed by atoms with Gasteiger partial charge < -0.3 is 15.1 Å². The van der Waals surface area contributed by atoms with Crippen molar-refractivity contribution >= 4 is 6.03 Å². The van der Waals surface area contributed by atoms with E-state index in [0.29, 0.717) is 18.7 Å². The Morgan fingerprint density at radius 2 is 1.86 bits per heavy atom. The molecular formula is C15H22F3N3O. The molecule has 7 heteroatoms. The highest BCUT2D eigenvalue weighted by Gasteiger charge is 2.42. The van der Waals surface area contributed by atoms with Gasteiger partial charge in [-0.1, -0.05) is 29.8 Å². The zero-order valence-corrected chi connectivity index (χ0v) is 13.2. The van der Waals surface area contributed by atoms with Crippen molar-refractivity contribution in [2.75, 3.05) is 34.2 Å². The maximum Gasteiger partial charge on any atom is 0.412 e. The lowest BCUT2D eigenvalue weighted by Crippen LogP contribution is -2.45. The monoisotopic (exact) mass is 317 g/mol. The van der Waals surface area contributed by atoms with E-state index in [1.165, 1.54) is 24.1 Å². The fourth-order valence-corrected chi connectivity index (χ4v) is 1.89. The Labute approximate surface area is 128 Å². The number of nitrogens with one attached hydrogen (secondary N) is 1. The van der Waals surface area contributed by atoms with Crippen LogP contribution in [0.25, 0.3) is 0 Å². The lowest BCUT2D eigenvalue weighted by atomic mass is 10.0. The van der Waals surface area contributed by atoms with Crippen molar-refractivity contribution in [1.29, 1.82) is 0 Å². The third kappa shape index (κ3) is 5.55. The lowest BCUT2D eigenvalue weighted by Gasteiger charge is -2.26. The van der Waals surface area contributed by atoms with Gasteiger partial charge in [0.25, 0.3) is 0 Å². The van der Waals surface area contributed by atoms with Crippen LogP contribution in [0.1, 0.15) is 17.2 Å². The minimum absolute atomic E-state index is 0.0295. The number of nitrogens with zero attached hydrogens (tertiary/aromatic N) is 2. The van der Waals surface area contributed by atoms with E-state index >= 15 is 0 Å². The average molecular weight is 317 g/mol. The molecule has 1 aromatic rings. The zero-order valence-electron chi connectivity index (χ0n) is 13.2. The highest BCUT2D eigenvalue weighted by molar-refractivity contribution is 5.74. The van der Waals surface area contributed by atoms with Gasteiger partial charge in [0.05, 0.1) is 0 Å². The van der Waals surface area contributed by atoms with Crippen LogP contribution < -0.4 is 5.32 Å². The van der Waals surface area contributed by atoms with Gasteiger partial charge in [-0.3, -0.25) is 0 Å². The maximum atomic E-state index is 13.2. The standard InChI is InChI=1S/C15H22F3N3O/c1-11-6-5-7-12(10-11)13(15(16,17)18)19-14(22)21(4)9-8-20(2)3/h5-7,10,13H,8-9H2,1-4H3,(H,19,22)/t13-/m1/s1. The first-order valence-corrected chi connectivity index (χ1v) is 6.91. The van der Waals surface area contributed by atoms with Crippen LogP contribution in [-0.4, -0.2) is 56.2 Å². The molecule has 1 N–H and O–H groups in total. The molecule has 4 nitrogen and oxygen atoms in total. The molecule has 0 spiro atoms. The summed E-state index contributed by atoms with van der Waals surface area (Å²) in [7, 11) is 5.14. The van der Waals surface area contributed by atoms with Crippen LogP contribution in [0.4, 0.5) is 18.0 Å². The molecule has 0 saturated heterocycles. The average Bonchev–Trinajstić information content (AvgIpc) is 2.40. The van der Waals surface area contributed by atoms with Crippen molar-refractivity contribution < 1.29 is 18.0 Å². The topological polar surface area (TPSA) is 35.6 Å². The quantitative estimate of drug-likeness (QED) is 0.906. The number of carbonyl (C=O) groups excluding carboxylic acids is 1. The normalized spacial score (nSPS) is 13.1. The highest BCUT2D eigenvalue weighted by atomic mass is 19.4. The highest BCUT2D eigenvalue weighted by Crippen LogP contribution is 2.33. The van der Waals surface area contributed by atoms with Crippen molar-refractivity contribution in [3.05, 3.63) is 35.4 Å². The minimum Gasteiger partial charge on any atom is -0.327 e. The Balaban J connectivity index is 2.85. The Bertz CT molecular complexity index is 503. The van der Waals surface area contributed by atoms with E-state index in [2.05, 4.69) is 5.32 Å². The van der Waals surface area contributed by atoms with Crippen molar-refractivity contribution in [3.8, 4) is 0 Å². The summed E-state index contributed by atoms with van der Waals surface area (Å²) in [5, 5.41) is 2.07. The number of rotatable bonds is 5. The fourth-order valence-electron chi connectivity index (χ4n) is 1.89. The van der Waals surface area contributed by atoms with E-state index < -0.39 is 18.2 Å². The van der Waals surface area contributed by atoms with Crippen molar-refractivity contribution in [2.24, 2.45) is 0 Å². The summed E-state index contributed by atoms with van der Waals surface area (Å²) in [6.07, 6.45) is -4.55. The van der Waals surface area contributed by atoms with Crippen LogP contribution in [0.15, 0.2) is 24.3 Å². The number of benzene rings is 1. The summed E-state index contributed by atoms with van der Waals surface area (Å²) in [5.41, 5.74) is 0.740. The van der Waals surface area contributed by atoms with Gasteiger partial charge in [0.15, 0.2) is 6.04 Å². The minimum atomic E-state index is -4.55. The lowest BCUT2D eigenvalue weighted by molar-refractivity contribution is -0.155. The molecular weight excluding hydrogens is 295 g/mol. The molecule has 2 amide bonds. The molecule has 0 radical (unpaired) electrons. The van der Waals surface area contributed by atoms with Crippen LogP contribution in [0.5, 0.6) is 0 Å². The van der Waals surface area contributed by atoms with Crippen LogP contribution in [-0.2, 0) is 0 Å². The summed E-state index contributed by atoms with van der Waals surface area (Å²) in [6, 6.07) is 3.30. The van der Waals surface area contributed by atoms with Gasteiger partial charge in [0.1, 0.15) is 0 Å². The molecule has 0 bridgehead atoms. The smallest absolute Gasteiger partial charge is 0.327 e. The number of urea groups is 1. The Morgan fingerprint density at radius 1 is 1.23 bits per heavy atom. The van der Waals surface area contributed by atoms with Gasteiger partial charge in [0.2, 0.25) is 0 Å². The molecule has 1 aromatic carbocycles. The summed E-state index contributed by atoms with van der Waals surface area (Å²) in [6.45, 7) is 2.63. The van der Waals surface area contributed by atoms with Gasteiger partial charge >= 0.3 is 12.2 Å². The van der Waals surface area contributed by atoms with Crippen molar-refractivity contribution in [1.82, 2.24) is 15.1 Å². The molecule has 0 aliphatic rings. The second kappa shape index (κ2) is 7.49. The van der Waals surface area contributed by atoms with E-state index in [0.717, 1.165) is 0 Å². The molecule has 0 aromatic heterocycles. The van der Waals surface area contributed by atoms with E-state index in [-0.39, 0.29) is 5.56 Å². The van der Waals surface area contributed by atoms with Gasteiger partial charge in [0, 0.05) is 20.1 Å². The molecule has 0 saturated carbocycles. The Morgan fingerprint density at radius 3 is 2.36 bits per heavy atom. The number of alkyl halides is 3. The number of aryl methyl sites for hydroxylation is 1. The van der Waals surface area contributed by atoms with Crippen molar-refractivity contribution in [2.45, 2.75) is 19.1 Å². The summed E-state index contributed by atoms with van der Waals surface area (Å²) < 4.78 is 39.7.